The Labute approximate surface area is 64.1 Å². The van der Waals surface area contributed by atoms with Crippen LogP contribution in [0.5, 0.6) is 0 Å². The van der Waals surface area contributed by atoms with E-state index in [0.717, 1.165) is 0 Å². The SMILES string of the molecule is FC(F)(F)CC=NCC(F)(F)F. The number of hydrogen-bond acceptors (Lipinski definition) is 1. The first kappa shape index (κ1) is 11.2. The standard InChI is InChI=1S/C5H5F6N/c6-4(7,8)1-2-12-3-5(9,10)11/h2H,1,3H2. The van der Waals surface area contributed by atoms with Crippen molar-refractivity contribution in [2.75, 3.05) is 6.54 Å². The number of nitrogens with zero attached hydrogens (tertiary/aromatic N) is 1. The van der Waals surface area contributed by atoms with Gasteiger partial charge in [0.2, 0.25) is 0 Å². The normalized spacial score (nSPS) is 14.2. The minimum Gasteiger partial charge on any atom is -0.288 e. The average Bonchev–Trinajstić information content (AvgIpc) is 1.76. The van der Waals surface area contributed by atoms with Crippen molar-refractivity contribution in [3.8, 4) is 0 Å². The number of aliphatic imine (C=N–C) groups is 1. The van der Waals surface area contributed by atoms with Gasteiger partial charge in [0.25, 0.3) is 0 Å². The maximum absolute atomic E-state index is 11.3. The first-order chi connectivity index (χ1) is 5.21. The molecule has 0 aromatic carbocycles. The Morgan fingerprint density at radius 2 is 1.42 bits per heavy atom. The summed E-state index contributed by atoms with van der Waals surface area (Å²) < 4.78 is 67.8. The van der Waals surface area contributed by atoms with Crippen LogP contribution in [0.15, 0.2) is 4.99 Å². The van der Waals surface area contributed by atoms with E-state index in [0.29, 0.717) is 0 Å². The highest BCUT2D eigenvalue weighted by molar-refractivity contribution is 5.58. The molecule has 0 atom stereocenters. The van der Waals surface area contributed by atoms with E-state index in [4.69, 9.17) is 0 Å². The zero-order chi connectivity index (χ0) is 9.83. The van der Waals surface area contributed by atoms with Gasteiger partial charge in [0.15, 0.2) is 0 Å². The van der Waals surface area contributed by atoms with Crippen LogP contribution in [0.4, 0.5) is 26.3 Å². The molecule has 0 aliphatic rings. The van der Waals surface area contributed by atoms with E-state index < -0.39 is 25.3 Å². The fraction of sp³-hybridized carbons (Fsp3) is 0.800. The van der Waals surface area contributed by atoms with Crippen LogP contribution in [-0.2, 0) is 0 Å². The lowest BCUT2D eigenvalue weighted by Crippen LogP contribution is -2.13. The summed E-state index contributed by atoms with van der Waals surface area (Å²) in [7, 11) is 0. The molecule has 0 aromatic rings. The molecule has 0 aromatic heterocycles. The van der Waals surface area contributed by atoms with Crippen molar-refractivity contribution in [3.63, 3.8) is 0 Å². The summed E-state index contributed by atoms with van der Waals surface area (Å²) in [6, 6.07) is 0. The van der Waals surface area contributed by atoms with E-state index in [1.54, 1.807) is 0 Å². The molecule has 0 rings (SSSR count). The van der Waals surface area contributed by atoms with Crippen LogP contribution in [-0.4, -0.2) is 25.1 Å². The van der Waals surface area contributed by atoms with Gasteiger partial charge >= 0.3 is 12.4 Å². The summed E-state index contributed by atoms with van der Waals surface area (Å²) in [6.45, 7) is -1.57. The van der Waals surface area contributed by atoms with Crippen molar-refractivity contribution < 1.29 is 26.3 Å². The molecular weight excluding hydrogens is 188 g/mol. The van der Waals surface area contributed by atoms with Crippen molar-refractivity contribution in [2.45, 2.75) is 18.8 Å². The van der Waals surface area contributed by atoms with Gasteiger partial charge in [-0.2, -0.15) is 26.3 Å². The number of halogens is 6. The number of rotatable bonds is 2. The van der Waals surface area contributed by atoms with Gasteiger partial charge in [0.1, 0.15) is 6.54 Å². The molecule has 1 nitrogen and oxygen atoms in total. The molecule has 0 fully saturated rings. The van der Waals surface area contributed by atoms with Crippen LogP contribution in [0.3, 0.4) is 0 Å². The Balaban J connectivity index is 3.66. The number of hydrogen-bond donors (Lipinski definition) is 0. The quantitative estimate of drug-likeness (QED) is 0.472. The van der Waals surface area contributed by atoms with Gasteiger partial charge in [0.05, 0.1) is 6.42 Å². The zero-order valence-corrected chi connectivity index (χ0v) is 5.71. The van der Waals surface area contributed by atoms with Gasteiger partial charge in [-0.25, -0.2) is 0 Å². The molecule has 0 unspecified atom stereocenters. The second-order valence-corrected chi connectivity index (χ2v) is 1.96. The predicted molar refractivity (Wildman–Crippen MR) is 30.1 cm³/mol. The summed E-state index contributed by atoms with van der Waals surface area (Å²) >= 11 is 0. The smallest absolute Gasteiger partial charge is 0.288 e. The molecule has 0 aliphatic heterocycles. The Morgan fingerprint density at radius 3 is 1.75 bits per heavy atom. The number of alkyl halides is 6. The first-order valence-electron chi connectivity index (χ1n) is 2.82. The van der Waals surface area contributed by atoms with Gasteiger partial charge in [-0.1, -0.05) is 0 Å². The molecule has 0 amide bonds. The van der Waals surface area contributed by atoms with Gasteiger partial charge in [-0.3, -0.25) is 4.99 Å². The van der Waals surface area contributed by atoms with Gasteiger partial charge in [0, 0.05) is 6.21 Å². The summed E-state index contributed by atoms with van der Waals surface area (Å²) in [5, 5.41) is 0. The highest BCUT2D eigenvalue weighted by Gasteiger charge is 2.28. The van der Waals surface area contributed by atoms with Crippen LogP contribution in [0.25, 0.3) is 0 Å². The molecule has 12 heavy (non-hydrogen) atoms. The third kappa shape index (κ3) is 9.25. The van der Waals surface area contributed by atoms with Crippen LogP contribution in [0.1, 0.15) is 6.42 Å². The fourth-order valence-electron chi connectivity index (χ4n) is 0.336. The molecule has 0 saturated carbocycles. The molecule has 0 spiro atoms. The summed E-state index contributed by atoms with van der Waals surface area (Å²) in [4.78, 5) is 2.56. The molecule has 72 valence electrons. The third-order valence-corrected chi connectivity index (χ3v) is 0.722. The molecule has 0 bridgehead atoms. The Morgan fingerprint density at radius 1 is 0.917 bits per heavy atom. The lowest BCUT2D eigenvalue weighted by molar-refractivity contribution is -0.123. The summed E-state index contributed by atoms with van der Waals surface area (Å²) in [5.41, 5.74) is 0. The van der Waals surface area contributed by atoms with Crippen molar-refractivity contribution in [1.82, 2.24) is 0 Å². The molecular formula is C5H5F6N. The topological polar surface area (TPSA) is 12.4 Å². The highest BCUT2D eigenvalue weighted by Crippen LogP contribution is 2.18. The second kappa shape index (κ2) is 3.77. The summed E-state index contributed by atoms with van der Waals surface area (Å²) in [5.74, 6) is 0. The Kier molecular flexibility index (Phi) is 3.54. The van der Waals surface area contributed by atoms with Crippen LogP contribution in [0.2, 0.25) is 0 Å². The zero-order valence-electron chi connectivity index (χ0n) is 5.71. The molecule has 7 heteroatoms. The van der Waals surface area contributed by atoms with Gasteiger partial charge in [-0.05, 0) is 0 Å². The monoisotopic (exact) mass is 193 g/mol. The van der Waals surface area contributed by atoms with E-state index in [-0.39, 0.29) is 6.21 Å². The maximum atomic E-state index is 11.3. The van der Waals surface area contributed by atoms with Crippen molar-refractivity contribution in [1.29, 1.82) is 0 Å². The maximum Gasteiger partial charge on any atom is 0.407 e. The van der Waals surface area contributed by atoms with Crippen LogP contribution in [0, 0.1) is 0 Å². The molecule has 0 saturated heterocycles. The average molecular weight is 193 g/mol. The molecule has 0 aliphatic carbocycles. The van der Waals surface area contributed by atoms with E-state index in [2.05, 4.69) is 4.99 Å². The first-order valence-corrected chi connectivity index (χ1v) is 2.82. The Bertz CT molecular complexity index is 136. The third-order valence-electron chi connectivity index (χ3n) is 0.722. The van der Waals surface area contributed by atoms with Crippen molar-refractivity contribution in [2.24, 2.45) is 4.99 Å². The van der Waals surface area contributed by atoms with Gasteiger partial charge in [-0.15, -0.1) is 0 Å². The van der Waals surface area contributed by atoms with Crippen LogP contribution < -0.4 is 0 Å². The summed E-state index contributed by atoms with van der Waals surface area (Å²) in [6.07, 6.45) is -10.2. The lowest BCUT2D eigenvalue weighted by atomic mass is 10.4. The van der Waals surface area contributed by atoms with E-state index >= 15 is 0 Å². The minimum absolute atomic E-state index is 0.216. The molecule has 0 heterocycles. The van der Waals surface area contributed by atoms with Crippen molar-refractivity contribution >= 4 is 6.21 Å². The lowest BCUT2D eigenvalue weighted by Gasteiger charge is -2.02. The minimum atomic E-state index is -4.54. The van der Waals surface area contributed by atoms with E-state index in [1.807, 2.05) is 0 Å². The fourth-order valence-corrected chi connectivity index (χ4v) is 0.336. The largest absolute Gasteiger partial charge is 0.407 e. The van der Waals surface area contributed by atoms with Crippen molar-refractivity contribution in [3.05, 3.63) is 0 Å². The molecule has 0 N–H and O–H groups in total. The Hall–Kier alpha value is -0.750. The second-order valence-electron chi connectivity index (χ2n) is 1.96. The van der Waals surface area contributed by atoms with E-state index in [1.165, 1.54) is 0 Å². The highest BCUT2D eigenvalue weighted by atomic mass is 19.4. The van der Waals surface area contributed by atoms with Gasteiger partial charge < -0.3 is 0 Å². The van der Waals surface area contributed by atoms with E-state index in [9.17, 15) is 26.3 Å². The molecule has 0 radical (unpaired) electrons. The predicted octanol–water partition coefficient (Wildman–Crippen LogP) is 2.57. The van der Waals surface area contributed by atoms with Crippen LogP contribution >= 0.6 is 0 Å².